The quantitative estimate of drug-likeness (QED) is 0.868. The molecule has 2 rings (SSSR count). The highest BCUT2D eigenvalue weighted by Gasteiger charge is 2.17. The van der Waals surface area contributed by atoms with E-state index in [1.807, 2.05) is 0 Å². The van der Waals surface area contributed by atoms with Gasteiger partial charge in [-0.1, -0.05) is 31.6 Å². The van der Waals surface area contributed by atoms with Crippen molar-refractivity contribution in [1.29, 1.82) is 0 Å². The topological polar surface area (TPSA) is 41.1 Å². The molecule has 19 heavy (non-hydrogen) atoms. The van der Waals surface area contributed by atoms with Crippen LogP contribution in [-0.4, -0.2) is 34.7 Å². The zero-order chi connectivity index (χ0) is 13.5. The fraction of sp³-hybridized carbons (Fsp3) is 0.857. The maximum absolute atomic E-state index is 4.30. The van der Waals surface area contributed by atoms with E-state index in [2.05, 4.69) is 34.3 Å². The van der Waals surface area contributed by atoms with Crippen LogP contribution >= 0.6 is 11.3 Å². The third-order valence-electron chi connectivity index (χ3n) is 3.87. The SMILES string of the molecule is CCCNc1nnc(CN2CCCC(CC)CC2)s1. The van der Waals surface area contributed by atoms with Gasteiger partial charge in [0.05, 0.1) is 6.54 Å². The first kappa shape index (κ1) is 14.7. The maximum atomic E-state index is 4.30. The fourth-order valence-electron chi connectivity index (χ4n) is 2.60. The van der Waals surface area contributed by atoms with Crippen molar-refractivity contribution in [3.63, 3.8) is 0 Å². The Morgan fingerprint density at radius 3 is 2.95 bits per heavy atom. The first-order chi connectivity index (χ1) is 9.31. The summed E-state index contributed by atoms with van der Waals surface area (Å²) in [7, 11) is 0. The highest BCUT2D eigenvalue weighted by molar-refractivity contribution is 7.15. The normalized spacial score (nSPS) is 21.3. The Hall–Kier alpha value is -0.680. The number of rotatable bonds is 6. The minimum atomic E-state index is 0.932. The minimum absolute atomic E-state index is 0.932. The highest BCUT2D eigenvalue weighted by atomic mass is 32.1. The predicted molar refractivity (Wildman–Crippen MR) is 81.6 cm³/mol. The summed E-state index contributed by atoms with van der Waals surface area (Å²) in [5.41, 5.74) is 0. The predicted octanol–water partition coefficient (Wildman–Crippen LogP) is 3.37. The minimum Gasteiger partial charge on any atom is -0.360 e. The van der Waals surface area contributed by atoms with Crippen molar-refractivity contribution in [1.82, 2.24) is 15.1 Å². The molecule has 4 nitrogen and oxygen atoms in total. The van der Waals surface area contributed by atoms with Crippen molar-refractivity contribution in [2.24, 2.45) is 5.92 Å². The van der Waals surface area contributed by atoms with E-state index < -0.39 is 0 Å². The average Bonchev–Trinajstić information content (AvgIpc) is 2.74. The lowest BCUT2D eigenvalue weighted by Gasteiger charge is -2.18. The third-order valence-corrected chi connectivity index (χ3v) is 4.74. The van der Waals surface area contributed by atoms with Crippen molar-refractivity contribution in [2.45, 2.75) is 52.5 Å². The van der Waals surface area contributed by atoms with Crippen molar-refractivity contribution >= 4 is 16.5 Å². The number of hydrogen-bond donors (Lipinski definition) is 1. The fourth-order valence-corrected chi connectivity index (χ4v) is 3.41. The molecule has 0 bridgehead atoms. The molecule has 1 saturated heterocycles. The molecule has 5 heteroatoms. The summed E-state index contributed by atoms with van der Waals surface area (Å²) < 4.78 is 0. The van der Waals surface area contributed by atoms with E-state index in [-0.39, 0.29) is 0 Å². The lowest BCUT2D eigenvalue weighted by molar-refractivity contribution is 0.271. The number of likely N-dealkylation sites (tertiary alicyclic amines) is 1. The van der Waals surface area contributed by atoms with E-state index >= 15 is 0 Å². The number of anilines is 1. The molecule has 1 atom stereocenters. The zero-order valence-corrected chi connectivity index (χ0v) is 13.0. The highest BCUT2D eigenvalue weighted by Crippen LogP contribution is 2.23. The average molecular weight is 282 g/mol. The van der Waals surface area contributed by atoms with E-state index in [4.69, 9.17) is 0 Å². The Bertz CT molecular complexity index is 366. The lowest BCUT2D eigenvalue weighted by Crippen LogP contribution is -2.24. The number of nitrogens with zero attached hydrogens (tertiary/aromatic N) is 3. The van der Waals surface area contributed by atoms with Gasteiger partial charge in [-0.05, 0) is 44.7 Å². The second-order valence-electron chi connectivity index (χ2n) is 5.41. The molecule has 2 heterocycles. The zero-order valence-electron chi connectivity index (χ0n) is 12.2. The van der Waals surface area contributed by atoms with E-state index in [1.54, 1.807) is 11.3 Å². The van der Waals surface area contributed by atoms with Gasteiger partial charge in [-0.25, -0.2) is 0 Å². The third kappa shape index (κ3) is 4.73. The summed E-state index contributed by atoms with van der Waals surface area (Å²) in [5, 5.41) is 13.9. The molecule has 0 aliphatic carbocycles. The van der Waals surface area contributed by atoms with Crippen LogP contribution < -0.4 is 5.32 Å². The summed E-state index contributed by atoms with van der Waals surface area (Å²) in [6.07, 6.45) is 6.53. The summed E-state index contributed by atoms with van der Waals surface area (Å²) in [5.74, 6) is 0.932. The smallest absolute Gasteiger partial charge is 0.205 e. The Balaban J connectivity index is 1.81. The van der Waals surface area contributed by atoms with Gasteiger partial charge in [0.15, 0.2) is 0 Å². The summed E-state index contributed by atoms with van der Waals surface area (Å²) in [6.45, 7) is 8.87. The van der Waals surface area contributed by atoms with E-state index in [0.717, 1.165) is 35.6 Å². The Labute approximate surface area is 120 Å². The van der Waals surface area contributed by atoms with E-state index in [9.17, 15) is 0 Å². The van der Waals surface area contributed by atoms with Gasteiger partial charge in [-0.3, -0.25) is 4.90 Å². The number of aromatic nitrogens is 2. The summed E-state index contributed by atoms with van der Waals surface area (Å²) >= 11 is 1.70. The van der Waals surface area contributed by atoms with E-state index in [1.165, 1.54) is 38.8 Å². The van der Waals surface area contributed by atoms with Crippen molar-refractivity contribution in [3.05, 3.63) is 5.01 Å². The van der Waals surface area contributed by atoms with Gasteiger partial charge < -0.3 is 5.32 Å². The standard InChI is InChI=1S/C14H26N4S/c1-3-8-15-14-17-16-13(19-14)11-18-9-5-6-12(4-2)7-10-18/h12H,3-11H2,1-2H3,(H,15,17). The molecule has 108 valence electrons. The van der Waals surface area contributed by atoms with Crippen molar-refractivity contribution in [3.8, 4) is 0 Å². The summed E-state index contributed by atoms with van der Waals surface area (Å²) in [4.78, 5) is 2.54. The van der Waals surface area contributed by atoms with Gasteiger partial charge in [-0.15, -0.1) is 10.2 Å². The van der Waals surface area contributed by atoms with E-state index in [0.29, 0.717) is 0 Å². The first-order valence-corrected chi connectivity index (χ1v) is 8.42. The molecule has 1 N–H and O–H groups in total. The van der Waals surface area contributed by atoms with Crippen LogP contribution in [0.25, 0.3) is 0 Å². The monoisotopic (exact) mass is 282 g/mol. The Morgan fingerprint density at radius 1 is 1.26 bits per heavy atom. The molecular weight excluding hydrogens is 256 g/mol. The van der Waals surface area contributed by atoms with Crippen LogP contribution in [0.2, 0.25) is 0 Å². The molecule has 0 spiro atoms. The molecule has 0 saturated carbocycles. The first-order valence-electron chi connectivity index (χ1n) is 7.60. The maximum Gasteiger partial charge on any atom is 0.205 e. The Kier molecular flexibility index (Phi) is 6.04. The Morgan fingerprint density at radius 2 is 2.16 bits per heavy atom. The molecule has 0 radical (unpaired) electrons. The van der Waals surface area contributed by atoms with Crippen LogP contribution in [0.5, 0.6) is 0 Å². The summed E-state index contributed by atoms with van der Waals surface area (Å²) in [6, 6.07) is 0. The lowest BCUT2D eigenvalue weighted by atomic mass is 9.98. The molecule has 1 fully saturated rings. The molecule has 1 aliphatic rings. The second kappa shape index (κ2) is 7.80. The van der Waals surface area contributed by atoms with Crippen molar-refractivity contribution < 1.29 is 0 Å². The van der Waals surface area contributed by atoms with Crippen LogP contribution in [0.3, 0.4) is 0 Å². The van der Waals surface area contributed by atoms with Crippen LogP contribution in [0.4, 0.5) is 5.13 Å². The largest absolute Gasteiger partial charge is 0.360 e. The second-order valence-corrected chi connectivity index (χ2v) is 6.47. The molecule has 1 unspecified atom stereocenters. The van der Waals surface area contributed by atoms with Crippen LogP contribution in [0.15, 0.2) is 0 Å². The van der Waals surface area contributed by atoms with Gasteiger partial charge in [0.1, 0.15) is 5.01 Å². The molecule has 0 amide bonds. The molecule has 1 aromatic heterocycles. The van der Waals surface area contributed by atoms with Gasteiger partial charge in [0.2, 0.25) is 5.13 Å². The van der Waals surface area contributed by atoms with Crippen LogP contribution in [0.1, 0.15) is 51.0 Å². The number of hydrogen-bond acceptors (Lipinski definition) is 5. The van der Waals surface area contributed by atoms with Crippen molar-refractivity contribution in [2.75, 3.05) is 25.0 Å². The molecular formula is C14H26N4S. The molecule has 1 aromatic rings. The van der Waals surface area contributed by atoms with Gasteiger partial charge >= 0.3 is 0 Å². The molecule has 1 aliphatic heterocycles. The van der Waals surface area contributed by atoms with Gasteiger partial charge in [0, 0.05) is 6.54 Å². The van der Waals surface area contributed by atoms with Crippen LogP contribution in [-0.2, 0) is 6.54 Å². The van der Waals surface area contributed by atoms with Crippen LogP contribution in [0, 0.1) is 5.92 Å². The van der Waals surface area contributed by atoms with Gasteiger partial charge in [-0.2, -0.15) is 0 Å². The van der Waals surface area contributed by atoms with Gasteiger partial charge in [0.25, 0.3) is 0 Å². The molecule has 0 aromatic carbocycles. The number of nitrogens with one attached hydrogen (secondary N) is 1.